The van der Waals surface area contributed by atoms with E-state index in [4.69, 9.17) is 4.74 Å². The van der Waals surface area contributed by atoms with Gasteiger partial charge in [0.05, 0.1) is 13.2 Å². The van der Waals surface area contributed by atoms with Crippen LogP contribution in [0.1, 0.15) is 46.1 Å². The number of rotatable bonds is 10. The molecule has 3 N–H and O–H groups in total. The highest BCUT2D eigenvalue weighted by Crippen LogP contribution is 2.14. The summed E-state index contributed by atoms with van der Waals surface area (Å²) in [5.74, 6) is 1.49. The monoisotopic (exact) mass is 431 g/mol. The van der Waals surface area contributed by atoms with E-state index in [1.54, 1.807) is 7.05 Å². The van der Waals surface area contributed by atoms with Gasteiger partial charge in [-0.2, -0.15) is 0 Å². The quantitative estimate of drug-likeness (QED) is 0.392. The Morgan fingerprint density at radius 3 is 2.58 bits per heavy atom. The van der Waals surface area contributed by atoms with Gasteiger partial charge in [0.15, 0.2) is 5.96 Å². The summed E-state index contributed by atoms with van der Waals surface area (Å²) in [5, 5.41) is 9.89. The maximum absolute atomic E-state index is 12.2. The molecule has 2 rings (SSSR count). The third-order valence-electron chi connectivity index (χ3n) is 5.75. The predicted octanol–water partition coefficient (Wildman–Crippen LogP) is 3.08. The molecule has 0 spiro atoms. The number of hydrogen-bond donors (Lipinski definition) is 3. The van der Waals surface area contributed by atoms with Crippen molar-refractivity contribution < 1.29 is 9.53 Å². The van der Waals surface area contributed by atoms with Crippen LogP contribution in [-0.4, -0.2) is 62.7 Å². The molecule has 0 radical (unpaired) electrons. The highest BCUT2D eigenvalue weighted by Gasteiger charge is 2.22. The lowest BCUT2D eigenvalue weighted by atomic mass is 10.0. The van der Waals surface area contributed by atoms with E-state index in [0.29, 0.717) is 18.5 Å². The largest absolute Gasteiger partial charge is 0.379 e. The summed E-state index contributed by atoms with van der Waals surface area (Å²) in [6.07, 6.45) is 1.97. The minimum atomic E-state index is 0.00931. The van der Waals surface area contributed by atoms with Crippen molar-refractivity contribution in [3.8, 4) is 0 Å². The molecule has 1 aromatic carbocycles. The van der Waals surface area contributed by atoms with Gasteiger partial charge in [0, 0.05) is 50.9 Å². The van der Waals surface area contributed by atoms with E-state index in [1.807, 2.05) is 32.0 Å². The van der Waals surface area contributed by atoms with Gasteiger partial charge in [0.25, 0.3) is 0 Å². The summed E-state index contributed by atoms with van der Waals surface area (Å²) in [6.45, 7) is 13.6. The Balaban J connectivity index is 1.88. The number of anilines is 1. The molecule has 1 fully saturated rings. The van der Waals surface area contributed by atoms with Crippen molar-refractivity contribution >= 4 is 17.6 Å². The SMILES string of the molecule is CCC(C)C(=O)Nc1cccc(CNC(=NC)NCC(CC(C)C)N2CCOCC2)c1. The molecule has 2 atom stereocenters. The maximum Gasteiger partial charge on any atom is 0.227 e. The number of carbonyl (C=O) groups excluding carboxylic acids is 1. The van der Waals surface area contributed by atoms with Crippen LogP contribution in [0, 0.1) is 11.8 Å². The molecule has 0 aromatic heterocycles. The predicted molar refractivity (Wildman–Crippen MR) is 128 cm³/mol. The fourth-order valence-corrected chi connectivity index (χ4v) is 3.68. The number of amides is 1. The van der Waals surface area contributed by atoms with Gasteiger partial charge in [-0.05, 0) is 36.5 Å². The first-order chi connectivity index (χ1) is 14.9. The molecular formula is C24H41N5O2. The zero-order valence-corrected chi connectivity index (χ0v) is 19.9. The number of carbonyl (C=O) groups is 1. The fraction of sp³-hybridized carbons (Fsp3) is 0.667. The van der Waals surface area contributed by atoms with Crippen LogP contribution < -0.4 is 16.0 Å². The summed E-state index contributed by atoms with van der Waals surface area (Å²) >= 11 is 0. The summed E-state index contributed by atoms with van der Waals surface area (Å²) < 4.78 is 5.52. The minimum Gasteiger partial charge on any atom is -0.379 e. The van der Waals surface area contributed by atoms with E-state index < -0.39 is 0 Å². The summed E-state index contributed by atoms with van der Waals surface area (Å²) in [4.78, 5) is 19.1. The Hall–Kier alpha value is -2.12. The van der Waals surface area contributed by atoms with Crippen molar-refractivity contribution in [3.63, 3.8) is 0 Å². The Morgan fingerprint density at radius 1 is 1.19 bits per heavy atom. The number of nitrogens with zero attached hydrogens (tertiary/aromatic N) is 2. The van der Waals surface area contributed by atoms with E-state index in [2.05, 4.69) is 45.8 Å². The van der Waals surface area contributed by atoms with Crippen LogP contribution in [-0.2, 0) is 16.1 Å². The Labute approximate surface area is 188 Å². The molecule has 0 aliphatic carbocycles. The zero-order chi connectivity index (χ0) is 22.6. The van der Waals surface area contributed by atoms with Crippen molar-refractivity contribution in [1.82, 2.24) is 15.5 Å². The fourth-order valence-electron chi connectivity index (χ4n) is 3.68. The minimum absolute atomic E-state index is 0.00931. The second kappa shape index (κ2) is 13.3. The number of hydrogen-bond acceptors (Lipinski definition) is 4. The molecule has 31 heavy (non-hydrogen) atoms. The topological polar surface area (TPSA) is 78.0 Å². The van der Waals surface area contributed by atoms with Crippen LogP contribution in [0.3, 0.4) is 0 Å². The molecule has 7 heteroatoms. The first-order valence-electron chi connectivity index (χ1n) is 11.6. The molecule has 1 saturated heterocycles. The average molecular weight is 432 g/mol. The zero-order valence-electron chi connectivity index (χ0n) is 19.9. The smallest absolute Gasteiger partial charge is 0.227 e. The van der Waals surface area contributed by atoms with Gasteiger partial charge in [-0.25, -0.2) is 0 Å². The van der Waals surface area contributed by atoms with Crippen molar-refractivity contribution in [2.75, 3.05) is 45.2 Å². The van der Waals surface area contributed by atoms with Crippen LogP contribution >= 0.6 is 0 Å². The number of morpholine rings is 1. The van der Waals surface area contributed by atoms with Gasteiger partial charge in [0.1, 0.15) is 0 Å². The summed E-state index contributed by atoms with van der Waals surface area (Å²) in [5.41, 5.74) is 1.92. The van der Waals surface area contributed by atoms with Gasteiger partial charge in [0.2, 0.25) is 5.91 Å². The molecule has 1 aliphatic heterocycles. The van der Waals surface area contributed by atoms with Gasteiger partial charge in [-0.1, -0.05) is 39.8 Å². The van der Waals surface area contributed by atoms with Crippen LogP contribution in [0.25, 0.3) is 0 Å². The third kappa shape index (κ3) is 8.87. The first kappa shape index (κ1) is 25.1. The summed E-state index contributed by atoms with van der Waals surface area (Å²) in [6, 6.07) is 8.41. The number of ether oxygens (including phenoxy) is 1. The Morgan fingerprint density at radius 2 is 1.94 bits per heavy atom. The number of nitrogens with one attached hydrogen (secondary N) is 3. The molecular weight excluding hydrogens is 390 g/mol. The van der Waals surface area contributed by atoms with Crippen molar-refractivity contribution in [2.24, 2.45) is 16.8 Å². The molecule has 1 amide bonds. The molecule has 0 saturated carbocycles. The molecule has 0 bridgehead atoms. The highest BCUT2D eigenvalue weighted by atomic mass is 16.5. The molecule has 7 nitrogen and oxygen atoms in total. The van der Waals surface area contributed by atoms with E-state index in [1.165, 1.54) is 0 Å². The van der Waals surface area contributed by atoms with Crippen molar-refractivity contribution in [3.05, 3.63) is 29.8 Å². The van der Waals surface area contributed by atoms with Crippen LogP contribution in [0.2, 0.25) is 0 Å². The molecule has 174 valence electrons. The standard InChI is InChI=1S/C24H41N5O2/c1-6-19(4)23(30)28-21-9-7-8-20(15-21)16-26-24(25-5)27-17-22(14-18(2)3)29-10-12-31-13-11-29/h7-9,15,18-19,22H,6,10-14,16-17H2,1-5H3,(H,28,30)(H2,25,26,27). The second-order valence-electron chi connectivity index (χ2n) is 8.74. The molecule has 2 unspecified atom stereocenters. The normalized spacial score (nSPS) is 17.3. The third-order valence-corrected chi connectivity index (χ3v) is 5.75. The van der Waals surface area contributed by atoms with Gasteiger partial charge < -0.3 is 20.7 Å². The van der Waals surface area contributed by atoms with Crippen LogP contribution in [0.5, 0.6) is 0 Å². The number of guanidine groups is 1. The average Bonchev–Trinajstić information content (AvgIpc) is 2.78. The summed E-state index contributed by atoms with van der Waals surface area (Å²) in [7, 11) is 1.80. The van der Waals surface area contributed by atoms with Crippen LogP contribution in [0.15, 0.2) is 29.3 Å². The molecule has 1 aliphatic rings. The lowest BCUT2D eigenvalue weighted by Crippen LogP contribution is -2.50. The highest BCUT2D eigenvalue weighted by molar-refractivity contribution is 5.92. The van der Waals surface area contributed by atoms with Gasteiger partial charge in [-0.3, -0.25) is 14.7 Å². The van der Waals surface area contributed by atoms with Gasteiger partial charge >= 0.3 is 0 Å². The number of benzene rings is 1. The first-order valence-corrected chi connectivity index (χ1v) is 11.6. The van der Waals surface area contributed by atoms with E-state index in [0.717, 1.165) is 62.9 Å². The Kier molecular flexibility index (Phi) is 10.8. The lowest BCUT2D eigenvalue weighted by molar-refractivity contribution is -0.119. The van der Waals surface area contributed by atoms with Crippen LogP contribution in [0.4, 0.5) is 5.69 Å². The van der Waals surface area contributed by atoms with E-state index >= 15 is 0 Å². The van der Waals surface area contributed by atoms with E-state index in [9.17, 15) is 4.79 Å². The molecule has 1 aromatic rings. The lowest BCUT2D eigenvalue weighted by Gasteiger charge is -2.35. The molecule has 1 heterocycles. The van der Waals surface area contributed by atoms with Gasteiger partial charge in [-0.15, -0.1) is 0 Å². The van der Waals surface area contributed by atoms with E-state index in [-0.39, 0.29) is 11.8 Å². The maximum atomic E-state index is 12.2. The number of aliphatic imine (C=N–C) groups is 1. The van der Waals surface area contributed by atoms with Crippen molar-refractivity contribution in [1.29, 1.82) is 0 Å². The Bertz CT molecular complexity index is 701. The van der Waals surface area contributed by atoms with Crippen molar-refractivity contribution in [2.45, 2.75) is 53.1 Å². The second-order valence-corrected chi connectivity index (χ2v) is 8.74.